The summed E-state index contributed by atoms with van der Waals surface area (Å²) in [4.78, 5) is 21.3. The Kier molecular flexibility index (Phi) is 6.03. The molecule has 2 N–H and O–H groups in total. The van der Waals surface area contributed by atoms with Crippen LogP contribution in [-0.4, -0.2) is 48.1 Å². The Labute approximate surface area is 75.1 Å². The molecule has 6 nitrogen and oxygen atoms in total. The smallest absolute Gasteiger partial charge is 0.342 e. The number of esters is 2. The zero-order valence-electron chi connectivity index (χ0n) is 7.23. The van der Waals surface area contributed by atoms with E-state index in [2.05, 4.69) is 9.47 Å². The highest BCUT2D eigenvalue weighted by Crippen LogP contribution is 1.88. The average Bonchev–Trinajstić information content (AvgIpc) is 2.04. The van der Waals surface area contributed by atoms with Crippen LogP contribution < -0.4 is 0 Å². The third kappa shape index (κ3) is 6.21. The molecule has 0 saturated heterocycles. The lowest BCUT2D eigenvalue weighted by Crippen LogP contribution is -2.25. The van der Waals surface area contributed by atoms with E-state index in [0.717, 1.165) is 0 Å². The molecule has 0 saturated carbocycles. The van der Waals surface area contributed by atoms with Gasteiger partial charge in [0.2, 0.25) is 0 Å². The standard InChI is InChI=1S/C7H12O6/c1-5(9)7(11)13-6(10)4-12-3-2-8/h5,8-9H,2-4H2,1H3. The van der Waals surface area contributed by atoms with Gasteiger partial charge in [-0.25, -0.2) is 9.59 Å². The van der Waals surface area contributed by atoms with Gasteiger partial charge < -0.3 is 19.7 Å². The van der Waals surface area contributed by atoms with E-state index in [0.29, 0.717) is 0 Å². The monoisotopic (exact) mass is 192 g/mol. The number of hydrogen-bond donors (Lipinski definition) is 2. The second kappa shape index (κ2) is 6.53. The van der Waals surface area contributed by atoms with Gasteiger partial charge in [-0.3, -0.25) is 0 Å². The Bertz CT molecular complexity index is 176. The summed E-state index contributed by atoms with van der Waals surface area (Å²) >= 11 is 0. The first-order chi connectivity index (χ1) is 6.07. The quantitative estimate of drug-likeness (QED) is 0.311. The molecular weight excluding hydrogens is 180 g/mol. The minimum absolute atomic E-state index is 0.00201. The Morgan fingerprint density at radius 3 is 2.54 bits per heavy atom. The van der Waals surface area contributed by atoms with Crippen molar-refractivity contribution in [3.63, 3.8) is 0 Å². The predicted molar refractivity (Wildman–Crippen MR) is 40.7 cm³/mol. The summed E-state index contributed by atoms with van der Waals surface area (Å²) in [5.41, 5.74) is 0. The van der Waals surface area contributed by atoms with Gasteiger partial charge in [0.25, 0.3) is 0 Å². The highest BCUT2D eigenvalue weighted by Gasteiger charge is 2.15. The Morgan fingerprint density at radius 1 is 1.46 bits per heavy atom. The summed E-state index contributed by atoms with van der Waals surface area (Å²) in [6.45, 7) is 0.554. The van der Waals surface area contributed by atoms with Crippen LogP contribution in [0.15, 0.2) is 0 Å². The summed E-state index contributed by atoms with van der Waals surface area (Å²) in [5.74, 6) is -1.91. The van der Waals surface area contributed by atoms with Crippen LogP contribution in [-0.2, 0) is 19.1 Å². The summed E-state index contributed by atoms with van der Waals surface area (Å²) < 4.78 is 8.69. The van der Waals surface area contributed by atoms with Crippen molar-refractivity contribution in [2.24, 2.45) is 0 Å². The van der Waals surface area contributed by atoms with E-state index in [-0.39, 0.29) is 13.2 Å². The molecule has 0 aliphatic carbocycles. The third-order valence-electron chi connectivity index (χ3n) is 1.01. The van der Waals surface area contributed by atoms with Crippen LogP contribution in [0, 0.1) is 0 Å². The summed E-state index contributed by atoms with van der Waals surface area (Å²) in [5, 5.41) is 16.9. The molecule has 0 aliphatic heterocycles. The van der Waals surface area contributed by atoms with Crippen LogP contribution in [0.3, 0.4) is 0 Å². The van der Waals surface area contributed by atoms with Gasteiger partial charge in [-0.05, 0) is 6.92 Å². The van der Waals surface area contributed by atoms with Gasteiger partial charge in [0.15, 0.2) is 0 Å². The summed E-state index contributed by atoms with van der Waals surface area (Å²) in [7, 11) is 0. The van der Waals surface area contributed by atoms with Crippen molar-refractivity contribution in [1.82, 2.24) is 0 Å². The van der Waals surface area contributed by atoms with Gasteiger partial charge >= 0.3 is 11.9 Å². The van der Waals surface area contributed by atoms with E-state index in [1.807, 2.05) is 0 Å². The van der Waals surface area contributed by atoms with Crippen molar-refractivity contribution in [3.05, 3.63) is 0 Å². The predicted octanol–water partition coefficient (Wildman–Crippen LogP) is -1.55. The molecule has 13 heavy (non-hydrogen) atoms. The van der Waals surface area contributed by atoms with Gasteiger partial charge in [-0.2, -0.15) is 0 Å². The normalized spacial score (nSPS) is 12.2. The number of aliphatic hydroxyl groups is 2. The minimum atomic E-state index is -1.33. The molecule has 0 aromatic carbocycles. The van der Waals surface area contributed by atoms with Crippen LogP contribution in [0.2, 0.25) is 0 Å². The topological polar surface area (TPSA) is 93.1 Å². The van der Waals surface area contributed by atoms with Crippen molar-refractivity contribution in [1.29, 1.82) is 0 Å². The van der Waals surface area contributed by atoms with Gasteiger partial charge in [-0.1, -0.05) is 0 Å². The number of hydrogen-bond acceptors (Lipinski definition) is 6. The molecule has 0 aromatic rings. The van der Waals surface area contributed by atoms with E-state index in [1.165, 1.54) is 6.92 Å². The molecule has 0 aromatic heterocycles. The van der Waals surface area contributed by atoms with Crippen LogP contribution in [0.1, 0.15) is 6.92 Å². The van der Waals surface area contributed by atoms with Gasteiger partial charge in [0.1, 0.15) is 12.7 Å². The Hall–Kier alpha value is -0.980. The molecule has 76 valence electrons. The van der Waals surface area contributed by atoms with Gasteiger partial charge in [-0.15, -0.1) is 0 Å². The highest BCUT2D eigenvalue weighted by molar-refractivity contribution is 5.88. The van der Waals surface area contributed by atoms with Crippen LogP contribution in [0.5, 0.6) is 0 Å². The largest absolute Gasteiger partial charge is 0.394 e. The molecule has 0 radical (unpaired) electrons. The molecule has 1 unspecified atom stereocenters. The maximum absolute atomic E-state index is 10.7. The number of aliphatic hydroxyl groups excluding tert-OH is 2. The second-order valence-electron chi connectivity index (χ2n) is 2.25. The molecule has 0 rings (SSSR count). The fraction of sp³-hybridized carbons (Fsp3) is 0.714. The lowest BCUT2D eigenvalue weighted by Gasteiger charge is -2.04. The molecule has 0 fully saturated rings. The zero-order valence-corrected chi connectivity index (χ0v) is 7.23. The van der Waals surface area contributed by atoms with E-state index >= 15 is 0 Å². The Morgan fingerprint density at radius 2 is 2.08 bits per heavy atom. The number of carbonyl (C=O) groups excluding carboxylic acids is 2. The number of rotatable bonds is 5. The molecule has 1 atom stereocenters. The van der Waals surface area contributed by atoms with Gasteiger partial charge in [0.05, 0.1) is 13.2 Å². The fourth-order valence-electron chi connectivity index (χ4n) is 0.447. The molecule has 0 spiro atoms. The summed E-state index contributed by atoms with van der Waals surface area (Å²) in [6, 6.07) is 0. The zero-order chi connectivity index (χ0) is 10.3. The van der Waals surface area contributed by atoms with E-state index in [1.54, 1.807) is 0 Å². The van der Waals surface area contributed by atoms with Crippen molar-refractivity contribution in [3.8, 4) is 0 Å². The van der Waals surface area contributed by atoms with E-state index in [9.17, 15) is 9.59 Å². The summed E-state index contributed by atoms with van der Waals surface area (Å²) in [6.07, 6.45) is -1.33. The first-order valence-electron chi connectivity index (χ1n) is 3.69. The number of ether oxygens (including phenoxy) is 2. The maximum Gasteiger partial charge on any atom is 0.342 e. The van der Waals surface area contributed by atoms with Crippen LogP contribution in [0.25, 0.3) is 0 Å². The fourth-order valence-corrected chi connectivity index (χ4v) is 0.447. The minimum Gasteiger partial charge on any atom is -0.394 e. The molecular formula is C7H12O6. The molecule has 0 bridgehead atoms. The SMILES string of the molecule is CC(O)C(=O)OC(=O)COCCO. The Balaban J connectivity index is 3.56. The highest BCUT2D eigenvalue weighted by atomic mass is 16.6. The van der Waals surface area contributed by atoms with Gasteiger partial charge in [0, 0.05) is 0 Å². The molecule has 6 heteroatoms. The van der Waals surface area contributed by atoms with Crippen molar-refractivity contribution in [2.75, 3.05) is 19.8 Å². The second-order valence-corrected chi connectivity index (χ2v) is 2.25. The first-order valence-corrected chi connectivity index (χ1v) is 3.69. The van der Waals surface area contributed by atoms with Crippen molar-refractivity contribution < 1.29 is 29.3 Å². The molecule has 0 heterocycles. The van der Waals surface area contributed by atoms with Crippen LogP contribution >= 0.6 is 0 Å². The van der Waals surface area contributed by atoms with Crippen molar-refractivity contribution in [2.45, 2.75) is 13.0 Å². The lowest BCUT2D eigenvalue weighted by molar-refractivity contribution is -0.168. The van der Waals surface area contributed by atoms with E-state index < -0.39 is 24.6 Å². The van der Waals surface area contributed by atoms with Crippen LogP contribution in [0.4, 0.5) is 0 Å². The van der Waals surface area contributed by atoms with Crippen molar-refractivity contribution >= 4 is 11.9 Å². The average molecular weight is 192 g/mol. The number of carbonyl (C=O) groups is 2. The molecule has 0 amide bonds. The van der Waals surface area contributed by atoms with E-state index in [4.69, 9.17) is 10.2 Å². The lowest BCUT2D eigenvalue weighted by atomic mass is 10.4. The first kappa shape index (κ1) is 12.0. The molecule has 0 aliphatic rings. The third-order valence-corrected chi connectivity index (χ3v) is 1.01. The maximum atomic E-state index is 10.7.